The van der Waals surface area contributed by atoms with Crippen LogP contribution in [0.2, 0.25) is 5.02 Å². The Bertz CT molecular complexity index is 924. The predicted octanol–water partition coefficient (Wildman–Crippen LogP) is 2.93. The molecule has 0 fully saturated rings. The third-order valence-electron chi connectivity index (χ3n) is 4.66. The predicted molar refractivity (Wildman–Crippen MR) is 108 cm³/mol. The van der Waals surface area contributed by atoms with E-state index in [-0.39, 0.29) is 16.4 Å². The summed E-state index contributed by atoms with van der Waals surface area (Å²) in [4.78, 5) is 22.6. The molecule has 0 spiro atoms. The number of carbonyl (C=O) groups excluding carboxylic acids is 1. The second kappa shape index (κ2) is 6.99. The van der Waals surface area contributed by atoms with Crippen LogP contribution in [0.4, 0.5) is 17.1 Å². The first kappa shape index (κ1) is 18.3. The van der Waals surface area contributed by atoms with E-state index in [1.165, 1.54) is 12.8 Å². The van der Waals surface area contributed by atoms with E-state index in [1.807, 2.05) is 11.9 Å². The van der Waals surface area contributed by atoms with Crippen LogP contribution < -0.4 is 22.1 Å². The average Bonchev–Trinajstić information content (AvgIpc) is 2.89. The Hall–Kier alpha value is -2.54. The van der Waals surface area contributed by atoms with Crippen LogP contribution in [0.1, 0.15) is 48.7 Å². The number of benzene rings is 1. The van der Waals surface area contributed by atoms with E-state index in [9.17, 15) is 4.79 Å². The molecular formula is C18H23ClN6O. The number of carbonyl (C=O) groups is 1. The number of unbranched alkanes of at least 4 members (excludes halogenated alkanes) is 3. The lowest BCUT2D eigenvalue weighted by molar-refractivity contribution is 0.0996. The van der Waals surface area contributed by atoms with Crippen molar-refractivity contribution in [2.24, 2.45) is 10.7 Å². The van der Waals surface area contributed by atoms with Crippen molar-refractivity contribution < 1.29 is 4.79 Å². The number of amides is 1. The normalized spacial score (nSPS) is 14.6. The third kappa shape index (κ3) is 2.82. The monoisotopic (exact) mass is 374 g/mol. The van der Waals surface area contributed by atoms with Crippen molar-refractivity contribution in [2.45, 2.75) is 32.6 Å². The molecule has 6 N–H and O–H groups in total. The largest absolute Gasteiger partial charge is 0.396 e. The third-order valence-corrected chi connectivity index (χ3v) is 5.07. The van der Waals surface area contributed by atoms with E-state index in [1.54, 1.807) is 6.07 Å². The Morgan fingerprint density at radius 3 is 2.65 bits per heavy atom. The molecule has 0 bridgehead atoms. The van der Waals surface area contributed by atoms with Crippen molar-refractivity contribution in [1.82, 2.24) is 4.98 Å². The number of nitrogens with two attached hydrogens (primary N) is 3. The average molecular weight is 375 g/mol. The summed E-state index contributed by atoms with van der Waals surface area (Å²) in [6.07, 6.45) is 4.48. The van der Waals surface area contributed by atoms with Gasteiger partial charge < -0.3 is 22.1 Å². The highest BCUT2D eigenvalue weighted by Gasteiger charge is 2.32. The zero-order chi connectivity index (χ0) is 19.0. The number of nitrogens with zero attached hydrogens (tertiary/aromatic N) is 3. The van der Waals surface area contributed by atoms with Gasteiger partial charge in [0.25, 0.3) is 5.91 Å². The van der Waals surface area contributed by atoms with Crippen LogP contribution in [0.3, 0.4) is 0 Å². The zero-order valence-corrected chi connectivity index (χ0v) is 15.7. The number of anilines is 3. The SMILES string of the molecule is CCCCCCN=C1c2cc(C(N)=O)nc3c(N)c(Cl)c(N)c(c23)N1C. The first-order chi connectivity index (χ1) is 12.4. The van der Waals surface area contributed by atoms with Crippen molar-refractivity contribution in [3.63, 3.8) is 0 Å². The van der Waals surface area contributed by atoms with Gasteiger partial charge in [-0.1, -0.05) is 37.8 Å². The van der Waals surface area contributed by atoms with Crippen LogP contribution in [0, 0.1) is 0 Å². The number of rotatable bonds is 6. The van der Waals surface area contributed by atoms with Crippen LogP contribution in [-0.4, -0.2) is 30.3 Å². The summed E-state index contributed by atoms with van der Waals surface area (Å²) in [5, 5.41) is 0.979. The molecule has 26 heavy (non-hydrogen) atoms. The summed E-state index contributed by atoms with van der Waals surface area (Å²) in [7, 11) is 1.87. The van der Waals surface area contributed by atoms with Gasteiger partial charge in [0.1, 0.15) is 11.5 Å². The lowest BCUT2D eigenvalue weighted by Gasteiger charge is -2.17. The smallest absolute Gasteiger partial charge is 0.267 e. The van der Waals surface area contributed by atoms with Crippen LogP contribution in [0.5, 0.6) is 0 Å². The molecule has 2 heterocycles. The van der Waals surface area contributed by atoms with E-state index in [0.717, 1.165) is 29.6 Å². The van der Waals surface area contributed by atoms with E-state index in [4.69, 9.17) is 33.8 Å². The van der Waals surface area contributed by atoms with Gasteiger partial charge >= 0.3 is 0 Å². The Morgan fingerprint density at radius 1 is 1.27 bits per heavy atom. The summed E-state index contributed by atoms with van der Waals surface area (Å²) in [5.41, 5.74) is 20.4. The van der Waals surface area contributed by atoms with E-state index < -0.39 is 5.91 Å². The van der Waals surface area contributed by atoms with Gasteiger partial charge in [-0.25, -0.2) is 4.98 Å². The molecule has 7 nitrogen and oxygen atoms in total. The Kier molecular flexibility index (Phi) is 4.91. The topological polar surface area (TPSA) is 124 Å². The molecule has 1 aliphatic rings. The standard InChI is InChI=1S/C18H23ClN6O/c1-3-4-5-6-7-23-18-9-8-10(17(22)26)24-15-11(9)16(25(18)2)14(21)12(19)13(15)20/h8H,3-7,20-21H2,1-2H3,(H2,22,26). The lowest BCUT2D eigenvalue weighted by atomic mass is 10.1. The molecule has 1 amide bonds. The molecule has 0 unspecified atom stereocenters. The number of hydrogen-bond acceptors (Lipinski definition) is 5. The van der Waals surface area contributed by atoms with Gasteiger partial charge in [0, 0.05) is 24.5 Å². The molecule has 0 saturated carbocycles. The lowest BCUT2D eigenvalue weighted by Crippen LogP contribution is -2.24. The zero-order valence-electron chi connectivity index (χ0n) is 15.0. The maximum absolute atomic E-state index is 11.7. The van der Waals surface area contributed by atoms with E-state index >= 15 is 0 Å². The molecule has 1 aromatic heterocycles. The van der Waals surface area contributed by atoms with Gasteiger partial charge in [0.2, 0.25) is 0 Å². The highest BCUT2D eigenvalue weighted by molar-refractivity contribution is 6.41. The second-order valence-corrected chi connectivity index (χ2v) is 6.84. The van der Waals surface area contributed by atoms with Gasteiger partial charge in [0.15, 0.2) is 0 Å². The summed E-state index contributed by atoms with van der Waals surface area (Å²) in [5.74, 6) is 0.0914. The fraction of sp³-hybridized carbons (Fsp3) is 0.389. The summed E-state index contributed by atoms with van der Waals surface area (Å²) in [6, 6.07) is 1.65. The fourth-order valence-corrected chi connectivity index (χ4v) is 3.50. The van der Waals surface area contributed by atoms with Crippen molar-refractivity contribution in [3.05, 3.63) is 22.3 Å². The molecular weight excluding hydrogens is 352 g/mol. The highest BCUT2D eigenvalue weighted by atomic mass is 35.5. The van der Waals surface area contributed by atoms with Crippen LogP contribution in [0.25, 0.3) is 10.9 Å². The first-order valence-electron chi connectivity index (χ1n) is 8.68. The number of nitrogen functional groups attached to an aromatic ring is 2. The van der Waals surface area contributed by atoms with Crippen molar-refractivity contribution >= 4 is 51.3 Å². The summed E-state index contributed by atoms with van der Waals surface area (Å²) in [6.45, 7) is 2.86. The van der Waals surface area contributed by atoms with Gasteiger partial charge in [-0.2, -0.15) is 0 Å². The molecule has 8 heteroatoms. The Balaban J connectivity index is 2.17. The van der Waals surface area contributed by atoms with Gasteiger partial charge in [-0.05, 0) is 12.5 Å². The maximum atomic E-state index is 11.7. The molecule has 0 atom stereocenters. The van der Waals surface area contributed by atoms with Crippen molar-refractivity contribution in [2.75, 3.05) is 30.0 Å². The summed E-state index contributed by atoms with van der Waals surface area (Å²) >= 11 is 6.30. The molecule has 1 aliphatic heterocycles. The molecule has 0 saturated heterocycles. The van der Waals surface area contributed by atoms with Crippen LogP contribution in [0.15, 0.2) is 11.1 Å². The van der Waals surface area contributed by atoms with Crippen molar-refractivity contribution in [3.8, 4) is 0 Å². The molecule has 138 valence electrons. The quantitative estimate of drug-likeness (QED) is 0.529. The highest BCUT2D eigenvalue weighted by Crippen LogP contribution is 2.47. The fourth-order valence-electron chi connectivity index (χ4n) is 3.32. The first-order valence-corrected chi connectivity index (χ1v) is 9.05. The minimum Gasteiger partial charge on any atom is -0.396 e. The molecule has 1 aromatic carbocycles. The van der Waals surface area contributed by atoms with Gasteiger partial charge in [-0.3, -0.25) is 9.79 Å². The number of aliphatic imine (C=N–C) groups is 1. The van der Waals surface area contributed by atoms with E-state index in [2.05, 4.69) is 11.9 Å². The minimum atomic E-state index is -0.631. The molecule has 3 rings (SSSR count). The number of pyridine rings is 1. The number of primary amides is 1. The Labute approximate surface area is 157 Å². The molecule has 0 aliphatic carbocycles. The molecule has 2 aromatic rings. The molecule has 0 radical (unpaired) electrons. The van der Waals surface area contributed by atoms with Gasteiger partial charge in [-0.15, -0.1) is 0 Å². The van der Waals surface area contributed by atoms with Crippen molar-refractivity contribution in [1.29, 1.82) is 0 Å². The van der Waals surface area contributed by atoms with Gasteiger partial charge in [0.05, 0.1) is 27.6 Å². The van der Waals surface area contributed by atoms with Crippen LogP contribution >= 0.6 is 11.6 Å². The number of amidine groups is 1. The number of aromatic nitrogens is 1. The minimum absolute atomic E-state index is 0.125. The van der Waals surface area contributed by atoms with Crippen LogP contribution in [-0.2, 0) is 0 Å². The second-order valence-electron chi connectivity index (χ2n) is 6.46. The summed E-state index contributed by atoms with van der Waals surface area (Å²) < 4.78 is 0. The number of halogens is 1. The maximum Gasteiger partial charge on any atom is 0.267 e. The Morgan fingerprint density at radius 2 is 2.00 bits per heavy atom. The number of hydrogen-bond donors (Lipinski definition) is 3. The van der Waals surface area contributed by atoms with E-state index in [0.29, 0.717) is 23.4 Å².